The van der Waals surface area contributed by atoms with Crippen molar-refractivity contribution in [1.82, 2.24) is 14.6 Å². The molecule has 0 spiro atoms. The summed E-state index contributed by atoms with van der Waals surface area (Å²) >= 11 is 2.29. The number of thiophene rings is 1. The Bertz CT molecular complexity index is 1220. The molecule has 4 rings (SSSR count). The van der Waals surface area contributed by atoms with Crippen LogP contribution >= 0.6 is 22.9 Å². The fourth-order valence-electron chi connectivity index (χ4n) is 4.52. The first-order chi connectivity index (χ1) is 17.9. The van der Waals surface area contributed by atoms with E-state index in [2.05, 4.69) is 9.69 Å². The Labute approximate surface area is 224 Å². The largest absolute Gasteiger partial charge is 0.494 e. The van der Waals surface area contributed by atoms with Gasteiger partial charge in [0.2, 0.25) is 5.91 Å². The summed E-state index contributed by atoms with van der Waals surface area (Å²) in [6.07, 6.45) is 5.09. The van der Waals surface area contributed by atoms with E-state index >= 15 is 0 Å². The van der Waals surface area contributed by atoms with Gasteiger partial charge in [0.05, 0.1) is 18.8 Å². The van der Waals surface area contributed by atoms with Gasteiger partial charge in [0.25, 0.3) is 11.8 Å². The molecular weight excluding hydrogens is 510 g/mol. The van der Waals surface area contributed by atoms with E-state index in [-0.39, 0.29) is 34.8 Å². The molecule has 2 heterocycles. The number of anilines is 1. The minimum absolute atomic E-state index is 0.0556. The molecule has 1 fully saturated rings. The average molecular weight is 542 g/mol. The van der Waals surface area contributed by atoms with Crippen molar-refractivity contribution in [3.05, 3.63) is 62.8 Å². The number of nitrogens with one attached hydrogen (secondary N) is 1. The van der Waals surface area contributed by atoms with Crippen LogP contribution in [0.2, 0.25) is 0 Å². The molecule has 37 heavy (non-hydrogen) atoms. The van der Waals surface area contributed by atoms with Gasteiger partial charge in [0, 0.05) is 10.9 Å². The summed E-state index contributed by atoms with van der Waals surface area (Å²) in [5.74, 6) is -0.893. The molecule has 1 atom stereocenters. The molecule has 1 aliphatic carbocycles. The molecular formula is C26H31N5O4S2. The maximum Gasteiger partial charge on any atom is 0.270 e. The number of benzene rings is 1. The van der Waals surface area contributed by atoms with Gasteiger partial charge in [-0.15, -0.1) is 11.3 Å². The van der Waals surface area contributed by atoms with Gasteiger partial charge in [-0.1, -0.05) is 37.5 Å². The average Bonchev–Trinajstić information content (AvgIpc) is 3.54. The van der Waals surface area contributed by atoms with Gasteiger partial charge in [0.15, 0.2) is 5.69 Å². The number of carbonyl (C=O) groups is 3. The number of nitrogens with two attached hydrogens (primary N) is 2. The smallest absolute Gasteiger partial charge is 0.270 e. The summed E-state index contributed by atoms with van der Waals surface area (Å²) in [6, 6.07) is 10.1. The first-order valence-corrected chi connectivity index (χ1v) is 14.0. The van der Waals surface area contributed by atoms with E-state index in [1.165, 1.54) is 16.2 Å². The molecule has 5 N–H and O–H groups in total. The van der Waals surface area contributed by atoms with Gasteiger partial charge in [-0.3, -0.25) is 14.4 Å². The quantitative estimate of drug-likeness (QED) is 0.353. The van der Waals surface area contributed by atoms with Crippen LogP contribution in [0.4, 0.5) is 5.69 Å². The third-order valence-electron chi connectivity index (χ3n) is 6.34. The van der Waals surface area contributed by atoms with Crippen LogP contribution < -0.4 is 21.5 Å². The van der Waals surface area contributed by atoms with Crippen LogP contribution in [0, 0.1) is 0 Å². The molecule has 2 aromatic heterocycles. The van der Waals surface area contributed by atoms with Crippen LogP contribution in [-0.4, -0.2) is 39.6 Å². The van der Waals surface area contributed by atoms with E-state index in [0.717, 1.165) is 48.5 Å². The number of nitrogen functional groups attached to an aromatic ring is 1. The number of rotatable bonds is 10. The molecule has 0 aliphatic heterocycles. The number of primary amides is 1. The molecule has 0 bridgehead atoms. The van der Waals surface area contributed by atoms with Crippen molar-refractivity contribution in [2.75, 3.05) is 12.3 Å². The summed E-state index contributed by atoms with van der Waals surface area (Å²) in [4.78, 5) is 42.1. The fraction of sp³-hybridized carbons (Fsp3) is 0.385. The summed E-state index contributed by atoms with van der Waals surface area (Å²) in [7, 11) is 0. The van der Waals surface area contributed by atoms with Crippen LogP contribution in [0.15, 0.2) is 41.8 Å². The Morgan fingerprint density at radius 3 is 2.49 bits per heavy atom. The zero-order valence-electron chi connectivity index (χ0n) is 20.6. The lowest BCUT2D eigenvalue weighted by Gasteiger charge is -2.33. The normalized spacial score (nSPS) is 14.6. The van der Waals surface area contributed by atoms with Crippen LogP contribution in [0.3, 0.4) is 0 Å². The lowest BCUT2D eigenvalue weighted by molar-refractivity contribution is -0.127. The van der Waals surface area contributed by atoms with E-state index in [4.69, 9.17) is 16.2 Å². The van der Waals surface area contributed by atoms with Crippen LogP contribution in [0.1, 0.15) is 75.7 Å². The van der Waals surface area contributed by atoms with E-state index in [0.29, 0.717) is 17.9 Å². The minimum Gasteiger partial charge on any atom is -0.494 e. The topological polar surface area (TPSA) is 141 Å². The van der Waals surface area contributed by atoms with Crippen molar-refractivity contribution < 1.29 is 19.1 Å². The van der Waals surface area contributed by atoms with Crippen molar-refractivity contribution in [2.24, 2.45) is 5.73 Å². The predicted octanol–water partition coefficient (Wildman–Crippen LogP) is 4.12. The SMILES string of the molecule is CCOc1ccc([C@H](C(=O)NC2CCCCC2)N(Cc2cccs2)C(=O)c2snc(C(N)=O)c2N)cc1. The highest BCUT2D eigenvalue weighted by Crippen LogP contribution is 2.32. The number of amides is 3. The van der Waals surface area contributed by atoms with E-state index in [1.54, 1.807) is 24.3 Å². The van der Waals surface area contributed by atoms with Crippen molar-refractivity contribution in [1.29, 1.82) is 0 Å². The number of nitrogens with zero attached hydrogens (tertiary/aromatic N) is 2. The van der Waals surface area contributed by atoms with E-state index in [9.17, 15) is 14.4 Å². The first kappa shape index (κ1) is 26.6. The second kappa shape index (κ2) is 12.2. The maximum absolute atomic E-state index is 14.0. The molecule has 0 radical (unpaired) electrons. The Kier molecular flexibility index (Phi) is 8.78. The summed E-state index contributed by atoms with van der Waals surface area (Å²) in [5, 5.41) is 5.10. The lowest BCUT2D eigenvalue weighted by Crippen LogP contribution is -2.46. The molecule has 9 nitrogen and oxygen atoms in total. The predicted molar refractivity (Wildman–Crippen MR) is 145 cm³/mol. The number of carbonyl (C=O) groups excluding carboxylic acids is 3. The lowest BCUT2D eigenvalue weighted by atomic mass is 9.94. The molecule has 196 valence electrons. The Balaban J connectivity index is 1.75. The van der Waals surface area contributed by atoms with Gasteiger partial charge >= 0.3 is 0 Å². The van der Waals surface area contributed by atoms with Gasteiger partial charge in [-0.2, -0.15) is 4.37 Å². The Morgan fingerprint density at radius 1 is 1.16 bits per heavy atom. The fourth-order valence-corrected chi connectivity index (χ4v) is 5.99. The van der Waals surface area contributed by atoms with E-state index in [1.807, 2.05) is 24.4 Å². The molecule has 0 unspecified atom stereocenters. The van der Waals surface area contributed by atoms with Crippen LogP contribution in [-0.2, 0) is 11.3 Å². The second-order valence-electron chi connectivity index (χ2n) is 8.90. The van der Waals surface area contributed by atoms with Crippen molar-refractivity contribution >= 4 is 46.3 Å². The first-order valence-electron chi connectivity index (χ1n) is 12.3. The van der Waals surface area contributed by atoms with Crippen molar-refractivity contribution in [3.8, 4) is 5.75 Å². The summed E-state index contributed by atoms with van der Waals surface area (Å²) in [6.45, 7) is 2.59. The Hall–Kier alpha value is -3.44. The third kappa shape index (κ3) is 6.28. The molecule has 11 heteroatoms. The van der Waals surface area contributed by atoms with Gasteiger partial charge in [-0.05, 0) is 60.4 Å². The molecule has 0 saturated heterocycles. The number of hydrogen-bond donors (Lipinski definition) is 3. The maximum atomic E-state index is 14.0. The zero-order chi connectivity index (χ0) is 26.4. The molecule has 1 saturated carbocycles. The summed E-state index contributed by atoms with van der Waals surface area (Å²) < 4.78 is 9.58. The van der Waals surface area contributed by atoms with Gasteiger partial charge < -0.3 is 26.4 Å². The summed E-state index contributed by atoms with van der Waals surface area (Å²) in [5.41, 5.74) is 11.9. The number of ether oxygens (including phenoxy) is 1. The highest BCUT2D eigenvalue weighted by Gasteiger charge is 2.36. The molecule has 3 amide bonds. The standard InChI is InChI=1S/C26H31N5O4S2/c1-2-35-18-12-10-16(11-13-18)22(25(33)29-17-7-4-3-5-8-17)31(15-19-9-6-14-36-19)26(34)23-20(27)21(24(28)32)30-37-23/h6,9-14,17,22H,2-5,7-8,15,27H2,1H3,(H2,28,32)(H,29,33)/t22-/m1/s1. The molecule has 1 aliphatic rings. The van der Waals surface area contributed by atoms with Crippen molar-refractivity contribution in [3.63, 3.8) is 0 Å². The highest BCUT2D eigenvalue weighted by atomic mass is 32.1. The molecule has 1 aromatic carbocycles. The number of aromatic nitrogens is 1. The third-order valence-corrected chi connectivity index (χ3v) is 8.05. The monoisotopic (exact) mass is 541 g/mol. The molecule has 3 aromatic rings. The van der Waals surface area contributed by atoms with Gasteiger partial charge in [-0.25, -0.2) is 0 Å². The van der Waals surface area contributed by atoms with Crippen molar-refractivity contribution in [2.45, 2.75) is 57.7 Å². The van der Waals surface area contributed by atoms with Crippen LogP contribution in [0.5, 0.6) is 5.75 Å². The zero-order valence-corrected chi connectivity index (χ0v) is 22.3. The van der Waals surface area contributed by atoms with Gasteiger partial charge in [0.1, 0.15) is 16.7 Å². The second-order valence-corrected chi connectivity index (χ2v) is 10.7. The van der Waals surface area contributed by atoms with E-state index < -0.39 is 17.9 Å². The Morgan fingerprint density at radius 2 is 1.89 bits per heavy atom. The van der Waals surface area contributed by atoms with Crippen LogP contribution in [0.25, 0.3) is 0 Å². The minimum atomic E-state index is -0.939. The number of hydrogen-bond acceptors (Lipinski definition) is 8. The highest BCUT2D eigenvalue weighted by molar-refractivity contribution is 7.10.